The Bertz CT molecular complexity index is 898. The van der Waals surface area contributed by atoms with Gasteiger partial charge in [-0.1, -0.05) is 62.2 Å². The van der Waals surface area contributed by atoms with Crippen LogP contribution in [0.15, 0.2) is 42.5 Å². The summed E-state index contributed by atoms with van der Waals surface area (Å²) in [5, 5.41) is 3.61. The lowest BCUT2D eigenvalue weighted by atomic mass is 10.1. The summed E-state index contributed by atoms with van der Waals surface area (Å²) in [6, 6.07) is 12.7. The number of carbonyl (C=O) groups is 2. The van der Waals surface area contributed by atoms with Crippen molar-refractivity contribution in [1.82, 2.24) is 10.2 Å². The number of rotatable bonds is 10. The number of amides is 2. The fourth-order valence-corrected chi connectivity index (χ4v) is 3.40. The van der Waals surface area contributed by atoms with E-state index < -0.39 is 6.04 Å². The molecule has 31 heavy (non-hydrogen) atoms. The van der Waals surface area contributed by atoms with E-state index in [1.807, 2.05) is 58.9 Å². The summed E-state index contributed by atoms with van der Waals surface area (Å²) in [7, 11) is 0. The smallest absolute Gasteiger partial charge is 0.261 e. The van der Waals surface area contributed by atoms with Gasteiger partial charge in [0.2, 0.25) is 5.91 Å². The van der Waals surface area contributed by atoms with Crippen LogP contribution in [0, 0.1) is 19.8 Å². The van der Waals surface area contributed by atoms with E-state index >= 15 is 0 Å². The van der Waals surface area contributed by atoms with Crippen LogP contribution in [-0.2, 0) is 16.1 Å². The molecule has 0 saturated heterocycles. The molecule has 5 nitrogen and oxygen atoms in total. The molecule has 0 aliphatic rings. The minimum absolute atomic E-state index is 0.139. The molecule has 1 N–H and O–H groups in total. The molecule has 2 aromatic carbocycles. The van der Waals surface area contributed by atoms with E-state index in [4.69, 9.17) is 16.3 Å². The first-order chi connectivity index (χ1) is 14.7. The topological polar surface area (TPSA) is 58.6 Å². The Kier molecular flexibility index (Phi) is 9.38. The number of nitrogens with one attached hydrogen (secondary N) is 1. The third-order valence-electron chi connectivity index (χ3n) is 5.00. The van der Waals surface area contributed by atoms with Crippen molar-refractivity contribution in [3.8, 4) is 5.75 Å². The monoisotopic (exact) mass is 444 g/mol. The highest BCUT2D eigenvalue weighted by atomic mass is 35.5. The Morgan fingerprint density at radius 2 is 1.87 bits per heavy atom. The maximum absolute atomic E-state index is 13.2. The number of aryl methyl sites for hydroxylation is 2. The van der Waals surface area contributed by atoms with Crippen LogP contribution in [0.25, 0.3) is 0 Å². The van der Waals surface area contributed by atoms with Gasteiger partial charge in [-0.15, -0.1) is 0 Å². The first-order valence-electron chi connectivity index (χ1n) is 10.7. The molecule has 0 bridgehead atoms. The number of halogens is 1. The molecule has 0 radical (unpaired) electrons. The van der Waals surface area contributed by atoms with E-state index in [0.717, 1.165) is 16.7 Å². The summed E-state index contributed by atoms with van der Waals surface area (Å²) in [6.45, 7) is 10.7. The highest BCUT2D eigenvalue weighted by Gasteiger charge is 2.29. The Balaban J connectivity index is 2.20. The molecule has 0 aliphatic heterocycles. The Morgan fingerprint density at radius 1 is 1.13 bits per heavy atom. The quantitative estimate of drug-likeness (QED) is 0.566. The zero-order valence-corrected chi connectivity index (χ0v) is 19.8. The summed E-state index contributed by atoms with van der Waals surface area (Å²) in [5.41, 5.74) is 2.96. The van der Waals surface area contributed by atoms with Gasteiger partial charge in [0.05, 0.1) is 0 Å². The van der Waals surface area contributed by atoms with Crippen molar-refractivity contribution in [2.24, 2.45) is 5.92 Å². The highest BCUT2D eigenvalue weighted by Crippen LogP contribution is 2.21. The van der Waals surface area contributed by atoms with E-state index in [-0.39, 0.29) is 18.4 Å². The zero-order chi connectivity index (χ0) is 23.0. The summed E-state index contributed by atoms with van der Waals surface area (Å²) in [6.07, 6.45) is 0.515. The van der Waals surface area contributed by atoms with Gasteiger partial charge < -0.3 is 15.0 Å². The number of carbonyl (C=O) groups excluding carboxylic acids is 2. The van der Waals surface area contributed by atoms with Crippen molar-refractivity contribution in [2.75, 3.05) is 13.2 Å². The maximum atomic E-state index is 13.2. The molecule has 0 saturated carbocycles. The van der Waals surface area contributed by atoms with E-state index in [0.29, 0.717) is 36.2 Å². The second kappa shape index (κ2) is 11.8. The van der Waals surface area contributed by atoms with Gasteiger partial charge in [-0.05, 0) is 55.5 Å². The van der Waals surface area contributed by atoms with Crippen molar-refractivity contribution in [2.45, 2.75) is 53.6 Å². The van der Waals surface area contributed by atoms with Crippen molar-refractivity contribution in [3.63, 3.8) is 0 Å². The van der Waals surface area contributed by atoms with Gasteiger partial charge in [-0.2, -0.15) is 0 Å². The standard InChI is InChI=1S/C25H33ClN2O3/c1-6-23(25(30)27-14-17(2)3)28(15-20-9-7-8-18(4)12-20)24(29)16-31-21-10-11-22(26)19(5)13-21/h7-13,17,23H,6,14-16H2,1-5H3,(H,27,30)/t23-/m0/s1. The molecule has 1 atom stereocenters. The predicted octanol–water partition coefficient (Wildman–Crippen LogP) is 4.92. The van der Waals surface area contributed by atoms with Gasteiger partial charge in [0, 0.05) is 18.1 Å². The molecule has 0 heterocycles. The van der Waals surface area contributed by atoms with Crippen molar-refractivity contribution in [1.29, 1.82) is 0 Å². The molecule has 0 fully saturated rings. The number of ether oxygens (including phenoxy) is 1. The average molecular weight is 445 g/mol. The Hall–Kier alpha value is -2.53. The first-order valence-corrected chi connectivity index (χ1v) is 11.1. The Morgan fingerprint density at radius 3 is 2.48 bits per heavy atom. The Labute approximate surface area is 190 Å². The molecule has 2 aromatic rings. The van der Waals surface area contributed by atoms with Crippen LogP contribution in [0.5, 0.6) is 5.75 Å². The van der Waals surface area contributed by atoms with E-state index in [2.05, 4.69) is 5.32 Å². The summed E-state index contributed by atoms with van der Waals surface area (Å²) < 4.78 is 5.74. The SMILES string of the molecule is CC[C@@H](C(=O)NCC(C)C)N(Cc1cccc(C)c1)C(=O)COc1ccc(Cl)c(C)c1. The lowest BCUT2D eigenvalue weighted by Crippen LogP contribution is -2.50. The summed E-state index contributed by atoms with van der Waals surface area (Å²) in [5.74, 6) is 0.530. The van der Waals surface area contributed by atoms with Gasteiger partial charge in [-0.25, -0.2) is 0 Å². The van der Waals surface area contributed by atoms with Crippen molar-refractivity contribution in [3.05, 3.63) is 64.2 Å². The molecule has 0 spiro atoms. The zero-order valence-electron chi connectivity index (χ0n) is 19.1. The third-order valence-corrected chi connectivity index (χ3v) is 5.42. The average Bonchev–Trinajstić information content (AvgIpc) is 2.72. The van der Waals surface area contributed by atoms with Crippen molar-refractivity contribution < 1.29 is 14.3 Å². The molecular weight excluding hydrogens is 412 g/mol. The molecule has 2 rings (SSSR count). The highest BCUT2D eigenvalue weighted by molar-refractivity contribution is 6.31. The van der Waals surface area contributed by atoms with Crippen LogP contribution in [0.2, 0.25) is 5.02 Å². The predicted molar refractivity (Wildman–Crippen MR) is 125 cm³/mol. The molecule has 2 amide bonds. The molecule has 0 aliphatic carbocycles. The van der Waals surface area contributed by atoms with Crippen LogP contribution in [0.1, 0.15) is 43.9 Å². The fraction of sp³-hybridized carbons (Fsp3) is 0.440. The number of hydrogen-bond donors (Lipinski definition) is 1. The summed E-state index contributed by atoms with van der Waals surface area (Å²) >= 11 is 6.07. The van der Waals surface area contributed by atoms with Crippen LogP contribution in [-0.4, -0.2) is 35.9 Å². The lowest BCUT2D eigenvalue weighted by Gasteiger charge is -2.31. The fourth-order valence-electron chi connectivity index (χ4n) is 3.28. The number of benzene rings is 2. The molecule has 6 heteroatoms. The van der Waals surface area contributed by atoms with Gasteiger partial charge in [0.1, 0.15) is 11.8 Å². The molecule has 0 aromatic heterocycles. The molecule has 0 unspecified atom stereocenters. The largest absolute Gasteiger partial charge is 0.484 e. The van der Waals surface area contributed by atoms with Gasteiger partial charge in [0.25, 0.3) is 5.91 Å². The van der Waals surface area contributed by atoms with Gasteiger partial charge >= 0.3 is 0 Å². The summed E-state index contributed by atoms with van der Waals surface area (Å²) in [4.78, 5) is 27.7. The second-order valence-electron chi connectivity index (χ2n) is 8.27. The minimum Gasteiger partial charge on any atom is -0.484 e. The second-order valence-corrected chi connectivity index (χ2v) is 8.68. The van der Waals surface area contributed by atoms with Gasteiger partial charge in [-0.3, -0.25) is 9.59 Å². The maximum Gasteiger partial charge on any atom is 0.261 e. The van der Waals surface area contributed by atoms with E-state index in [9.17, 15) is 9.59 Å². The molecular formula is C25H33ClN2O3. The molecule has 168 valence electrons. The minimum atomic E-state index is -0.567. The van der Waals surface area contributed by atoms with Gasteiger partial charge in [0.15, 0.2) is 6.61 Å². The lowest BCUT2D eigenvalue weighted by molar-refractivity contribution is -0.143. The van der Waals surface area contributed by atoms with Crippen LogP contribution in [0.4, 0.5) is 0 Å². The first kappa shape index (κ1) is 24.7. The van der Waals surface area contributed by atoms with Crippen LogP contribution in [0.3, 0.4) is 0 Å². The van der Waals surface area contributed by atoms with Crippen LogP contribution < -0.4 is 10.1 Å². The third kappa shape index (κ3) is 7.59. The van der Waals surface area contributed by atoms with E-state index in [1.165, 1.54) is 0 Å². The van der Waals surface area contributed by atoms with Crippen LogP contribution >= 0.6 is 11.6 Å². The number of hydrogen-bond acceptors (Lipinski definition) is 3. The van der Waals surface area contributed by atoms with E-state index in [1.54, 1.807) is 23.1 Å². The van der Waals surface area contributed by atoms with Crippen molar-refractivity contribution >= 4 is 23.4 Å². The number of nitrogens with zero attached hydrogens (tertiary/aromatic N) is 1. The normalized spacial score (nSPS) is 11.8.